The van der Waals surface area contributed by atoms with Crippen LogP contribution in [0.5, 0.6) is 0 Å². The second kappa shape index (κ2) is 23.1. The van der Waals surface area contributed by atoms with Crippen LogP contribution in [0.4, 0.5) is 16.6 Å². The van der Waals surface area contributed by atoms with Crippen molar-refractivity contribution in [3.63, 3.8) is 0 Å². The van der Waals surface area contributed by atoms with E-state index in [2.05, 4.69) is 50.8 Å². The van der Waals surface area contributed by atoms with E-state index < -0.39 is 79.4 Å². The molecule has 12 N–H and O–H groups in total. The number of nitrogens with two attached hydrogens (primary N) is 4. The maximum atomic E-state index is 14.2. The molecule has 0 saturated heterocycles. The maximum Gasteiger partial charge on any atom is 0.407 e. The number of nitrogens with zero attached hydrogens (tertiary/aromatic N) is 10. The van der Waals surface area contributed by atoms with Crippen molar-refractivity contribution in [3.05, 3.63) is 65.2 Å². The number of fused-ring (bicyclic) bond motifs is 2. The Hall–Kier alpha value is -8.72. The number of alkyl carbamates (subject to hydrolysis) is 1. The molecule has 28 heteroatoms. The number of benzene rings is 1. The van der Waals surface area contributed by atoms with Crippen LogP contribution in [0.2, 0.25) is 0 Å². The molecule has 0 spiro atoms. The second-order valence-corrected chi connectivity index (χ2v) is 14.2. The first-order valence-electron chi connectivity index (χ1n) is 20.0. The third kappa shape index (κ3) is 13.6. The van der Waals surface area contributed by atoms with Gasteiger partial charge in [0.25, 0.3) is 5.56 Å². The summed E-state index contributed by atoms with van der Waals surface area (Å²) in [5.74, 6) is -5.39. The first-order valence-corrected chi connectivity index (χ1v) is 20.0. The normalized spacial score (nSPS) is 11.3. The first-order chi connectivity index (χ1) is 31.6. The van der Waals surface area contributed by atoms with Gasteiger partial charge in [0.15, 0.2) is 28.6 Å². The van der Waals surface area contributed by atoms with Gasteiger partial charge >= 0.3 is 12.1 Å². The minimum absolute atomic E-state index is 0.0468. The summed E-state index contributed by atoms with van der Waals surface area (Å²) in [5, 5.41) is 7.50. The van der Waals surface area contributed by atoms with Crippen molar-refractivity contribution in [3.8, 4) is 0 Å². The molecule has 0 aliphatic heterocycles. The van der Waals surface area contributed by atoms with E-state index in [1.165, 1.54) is 17.2 Å². The third-order valence-electron chi connectivity index (χ3n) is 9.42. The number of aromatic amines is 1. The molecule has 4 aromatic heterocycles. The third-order valence-corrected chi connectivity index (χ3v) is 9.42. The number of nitrogens with one attached hydrogen (secondary N) is 4. The van der Waals surface area contributed by atoms with Crippen LogP contribution in [0.25, 0.3) is 22.3 Å². The minimum Gasteiger partial charge on any atom is -0.467 e. The van der Waals surface area contributed by atoms with Crippen LogP contribution in [0, 0.1) is 0 Å². The van der Waals surface area contributed by atoms with Crippen LogP contribution < -0.4 is 44.4 Å². The molecule has 4 heterocycles. The molecule has 0 bridgehead atoms. The number of H-pyrrole nitrogens is 1. The van der Waals surface area contributed by atoms with Crippen LogP contribution in [0.3, 0.4) is 0 Å². The zero-order chi connectivity index (χ0) is 47.8. The summed E-state index contributed by atoms with van der Waals surface area (Å²) in [5.41, 5.74) is 22.5. The van der Waals surface area contributed by atoms with Crippen LogP contribution in [-0.4, -0.2) is 149 Å². The highest BCUT2D eigenvalue weighted by Crippen LogP contribution is 2.15. The number of rotatable bonds is 22. The molecule has 0 aliphatic rings. The van der Waals surface area contributed by atoms with Gasteiger partial charge in [0.05, 0.1) is 19.8 Å². The van der Waals surface area contributed by atoms with Gasteiger partial charge in [-0.25, -0.2) is 29.5 Å². The molecule has 0 radical (unpaired) electrons. The van der Waals surface area contributed by atoms with Gasteiger partial charge in [-0.15, -0.1) is 0 Å². The zero-order valence-electron chi connectivity index (χ0n) is 35.5. The predicted octanol–water partition coefficient (Wildman–Crippen LogP) is -3.55. The first kappa shape index (κ1) is 48.3. The number of esters is 1. The number of aliphatic imine (C=N–C) groups is 1. The van der Waals surface area contributed by atoms with Crippen LogP contribution in [-0.2, 0) is 57.9 Å². The van der Waals surface area contributed by atoms with Gasteiger partial charge in [0.1, 0.15) is 50.7 Å². The highest BCUT2D eigenvalue weighted by atomic mass is 16.5. The number of imidazole rings is 2. The predicted molar refractivity (Wildman–Crippen MR) is 232 cm³/mol. The van der Waals surface area contributed by atoms with Crippen molar-refractivity contribution in [2.45, 2.75) is 45.0 Å². The molecule has 0 unspecified atom stereocenters. The number of hydrogen-bond acceptors (Lipinski definition) is 18. The summed E-state index contributed by atoms with van der Waals surface area (Å²) in [6, 6.07) is 7.82. The molecule has 66 heavy (non-hydrogen) atoms. The highest BCUT2D eigenvalue weighted by molar-refractivity contribution is 6.01. The van der Waals surface area contributed by atoms with Gasteiger partial charge in [-0.3, -0.25) is 43.6 Å². The molecule has 0 aliphatic carbocycles. The van der Waals surface area contributed by atoms with E-state index in [-0.39, 0.29) is 85.7 Å². The van der Waals surface area contributed by atoms with Gasteiger partial charge in [-0.05, 0) is 18.4 Å². The molecule has 5 rings (SSSR count). The van der Waals surface area contributed by atoms with Crippen molar-refractivity contribution < 1.29 is 43.0 Å². The number of anilines is 2. The van der Waals surface area contributed by atoms with E-state index in [1.807, 2.05) is 0 Å². The summed E-state index contributed by atoms with van der Waals surface area (Å²) < 4.78 is 12.5. The number of methoxy groups -OCH3 is 1. The fourth-order valence-corrected chi connectivity index (χ4v) is 6.18. The maximum absolute atomic E-state index is 14.2. The van der Waals surface area contributed by atoms with E-state index >= 15 is 0 Å². The topological polar surface area (TPSA) is 404 Å². The van der Waals surface area contributed by atoms with Crippen molar-refractivity contribution >= 4 is 81.7 Å². The van der Waals surface area contributed by atoms with E-state index in [0.717, 1.165) is 28.5 Å². The smallest absolute Gasteiger partial charge is 0.407 e. The Balaban J connectivity index is 1.32. The molecular formula is C38H48N18O10. The Morgan fingerprint density at radius 3 is 2.29 bits per heavy atom. The van der Waals surface area contributed by atoms with Crippen molar-refractivity contribution in [1.29, 1.82) is 0 Å². The number of amides is 6. The largest absolute Gasteiger partial charge is 0.467 e. The molecule has 6 amide bonds. The zero-order valence-corrected chi connectivity index (χ0v) is 35.5. The number of carbonyl (C=O) groups is 7. The van der Waals surface area contributed by atoms with Crippen molar-refractivity contribution in [1.82, 2.24) is 64.8 Å². The van der Waals surface area contributed by atoms with Crippen LogP contribution in [0.15, 0.2) is 59.1 Å². The van der Waals surface area contributed by atoms with Crippen LogP contribution in [0.1, 0.15) is 24.8 Å². The Morgan fingerprint density at radius 2 is 1.56 bits per heavy atom. The summed E-state index contributed by atoms with van der Waals surface area (Å²) in [6.07, 6.45) is 2.88. The summed E-state index contributed by atoms with van der Waals surface area (Å²) in [6.45, 7) is -3.52. The Morgan fingerprint density at radius 1 is 0.848 bits per heavy atom. The molecule has 5 aromatic rings. The lowest BCUT2D eigenvalue weighted by Crippen LogP contribution is -2.51. The van der Waals surface area contributed by atoms with E-state index in [9.17, 15) is 38.4 Å². The number of ether oxygens (including phenoxy) is 2. The number of guanidine groups is 1. The van der Waals surface area contributed by atoms with Gasteiger partial charge in [-0.2, -0.15) is 4.98 Å². The van der Waals surface area contributed by atoms with E-state index in [1.54, 1.807) is 30.3 Å². The SMILES string of the molecule is COC(=O)[C@H](CCCN=C(N)N)NC(=O)CCNC(=O)CN(C(=O)CN(CCNC(=O)OCc1ccccc1)C(=O)Cn1cnc2c(N)ncnc21)C(=O)Cn1cnc2c(=O)[nH]c(N)nc21. The lowest BCUT2D eigenvalue weighted by molar-refractivity contribution is -0.151. The minimum atomic E-state index is -1.05. The molecular weight excluding hydrogens is 869 g/mol. The lowest BCUT2D eigenvalue weighted by atomic mass is 10.1. The van der Waals surface area contributed by atoms with Crippen molar-refractivity contribution in [2.24, 2.45) is 16.5 Å². The van der Waals surface area contributed by atoms with Gasteiger partial charge in [0.2, 0.25) is 35.5 Å². The fraction of sp³-hybridized carbons (Fsp3) is 0.368. The van der Waals surface area contributed by atoms with E-state index in [4.69, 9.17) is 32.4 Å². The molecule has 350 valence electrons. The average Bonchev–Trinajstić information content (AvgIpc) is 3.89. The van der Waals surface area contributed by atoms with Gasteiger partial charge in [0, 0.05) is 32.6 Å². The summed E-state index contributed by atoms with van der Waals surface area (Å²) >= 11 is 0. The molecule has 0 fully saturated rings. The Kier molecular flexibility index (Phi) is 16.9. The number of hydrogen-bond donors (Lipinski definition) is 8. The molecule has 28 nitrogen and oxygen atoms in total. The monoisotopic (exact) mass is 916 g/mol. The van der Waals surface area contributed by atoms with Crippen molar-refractivity contribution in [2.75, 3.05) is 57.8 Å². The van der Waals surface area contributed by atoms with E-state index in [0.29, 0.717) is 11.3 Å². The second-order valence-electron chi connectivity index (χ2n) is 14.2. The summed E-state index contributed by atoms with van der Waals surface area (Å²) in [7, 11) is 1.15. The van der Waals surface area contributed by atoms with Crippen LogP contribution >= 0.6 is 0 Å². The molecule has 1 atom stereocenters. The standard InChI is InChI=1S/C38H48N18O10/c1-65-35(63)23(8-5-10-44-36(40)41)50-24(57)9-11-43-25(58)14-56(28(61)17-55-21-49-30-33(55)51-37(42)52-34(30)62)27(60)16-53(13-12-45-38(64)66-18-22-6-3-2-4-7-22)26(59)15-54-20-48-29-31(39)46-19-47-32(29)54/h2-4,6-7,19-21,23H,5,8-18H2,1H3,(H,43,58)(H,45,64)(H,50,57)(H2,39,46,47)(H4,40,41,44)(H3,42,51,52,62)/t23-/m0/s1. The fourth-order valence-electron chi connectivity index (χ4n) is 6.18. The lowest BCUT2D eigenvalue weighted by Gasteiger charge is -2.27. The summed E-state index contributed by atoms with van der Waals surface area (Å²) in [4.78, 5) is 134. The molecule has 1 aromatic carbocycles. The number of carbonyl (C=O) groups excluding carboxylic acids is 7. The quantitative estimate of drug-likeness (QED) is 0.0144. The Bertz CT molecular complexity index is 2640. The average molecular weight is 917 g/mol. The van der Waals surface area contributed by atoms with Gasteiger partial charge < -0.3 is 62.4 Å². The van der Waals surface area contributed by atoms with Gasteiger partial charge in [-0.1, -0.05) is 30.3 Å². The molecule has 0 saturated carbocycles. The number of imide groups is 1. The Labute approximate surface area is 373 Å². The number of nitrogen functional groups attached to an aromatic ring is 2. The number of aromatic nitrogens is 8. The highest BCUT2D eigenvalue weighted by Gasteiger charge is 2.29.